The minimum absolute atomic E-state index is 0.0224. The molecule has 1 unspecified atom stereocenters. The van der Waals surface area contributed by atoms with Gasteiger partial charge in [0, 0.05) is 17.7 Å². The average Bonchev–Trinajstić information content (AvgIpc) is 3.49. The quantitative estimate of drug-likeness (QED) is 0.449. The molecule has 1 heterocycles. The van der Waals surface area contributed by atoms with E-state index in [0.29, 0.717) is 34.5 Å². The molecule has 2 N–H and O–H groups in total. The Morgan fingerprint density at radius 2 is 1.63 bits per heavy atom. The van der Waals surface area contributed by atoms with E-state index in [4.69, 9.17) is 14.2 Å². The van der Waals surface area contributed by atoms with Crippen LogP contribution in [0, 0.1) is 11.3 Å². The van der Waals surface area contributed by atoms with Crippen LogP contribution < -0.4 is 24.8 Å². The Bertz CT molecular complexity index is 1210. The summed E-state index contributed by atoms with van der Waals surface area (Å²) in [6, 6.07) is 15.9. The fourth-order valence-corrected chi connectivity index (χ4v) is 3.77. The number of amides is 2. The van der Waals surface area contributed by atoms with Crippen molar-refractivity contribution in [3.63, 3.8) is 0 Å². The first-order valence-electron chi connectivity index (χ1n) is 11.3. The number of carbonyl (C=O) groups is 2. The number of aromatic nitrogens is 1. The van der Waals surface area contributed by atoms with Crippen LogP contribution in [0.2, 0.25) is 0 Å². The highest BCUT2D eigenvalue weighted by atomic mass is 16.5. The molecule has 3 aromatic rings. The van der Waals surface area contributed by atoms with Crippen LogP contribution in [0.3, 0.4) is 0 Å². The van der Waals surface area contributed by atoms with Crippen LogP contribution in [0.4, 0.5) is 11.4 Å². The van der Waals surface area contributed by atoms with Crippen LogP contribution in [0.1, 0.15) is 25.8 Å². The van der Waals surface area contributed by atoms with Crippen molar-refractivity contribution < 1.29 is 23.8 Å². The van der Waals surface area contributed by atoms with Gasteiger partial charge in [-0.2, -0.15) is 0 Å². The van der Waals surface area contributed by atoms with Gasteiger partial charge in [-0.1, -0.05) is 19.9 Å². The molecule has 0 radical (unpaired) electrons. The molecule has 1 aliphatic rings. The smallest absolute Gasteiger partial charge is 0.228 e. The first-order valence-corrected chi connectivity index (χ1v) is 11.3. The Balaban J connectivity index is 1.28. The second-order valence-corrected chi connectivity index (χ2v) is 9.16. The zero-order valence-electron chi connectivity index (χ0n) is 20.3. The fraction of sp³-hybridized carbons (Fsp3) is 0.296. The van der Waals surface area contributed by atoms with E-state index < -0.39 is 0 Å². The lowest BCUT2D eigenvalue weighted by Gasteiger charge is -2.10. The molecule has 1 fully saturated rings. The molecular weight excluding hydrogens is 446 g/mol. The number of benzene rings is 2. The first-order chi connectivity index (χ1) is 16.8. The van der Waals surface area contributed by atoms with Gasteiger partial charge in [-0.3, -0.25) is 9.59 Å². The normalized spacial score (nSPS) is 15.6. The van der Waals surface area contributed by atoms with E-state index in [0.717, 1.165) is 12.0 Å². The summed E-state index contributed by atoms with van der Waals surface area (Å²) in [5.41, 5.74) is 2.18. The lowest BCUT2D eigenvalue weighted by atomic mass is 10.1. The molecule has 8 nitrogen and oxygen atoms in total. The van der Waals surface area contributed by atoms with Crippen LogP contribution in [0.15, 0.2) is 60.8 Å². The van der Waals surface area contributed by atoms with Crippen molar-refractivity contribution in [3.05, 3.63) is 66.4 Å². The number of nitrogens with one attached hydrogen (secondary N) is 2. The molecule has 8 heteroatoms. The Hall–Kier alpha value is -4.07. The summed E-state index contributed by atoms with van der Waals surface area (Å²) in [6.45, 7) is 4.17. The van der Waals surface area contributed by atoms with Crippen molar-refractivity contribution in [2.24, 2.45) is 11.3 Å². The summed E-state index contributed by atoms with van der Waals surface area (Å²) in [6.07, 6.45) is 2.68. The molecule has 0 saturated heterocycles. The summed E-state index contributed by atoms with van der Waals surface area (Å²) in [7, 11) is 3.13. The lowest BCUT2D eigenvalue weighted by Crippen LogP contribution is -2.16. The van der Waals surface area contributed by atoms with Gasteiger partial charge >= 0.3 is 0 Å². The van der Waals surface area contributed by atoms with Crippen molar-refractivity contribution in [1.82, 2.24) is 4.98 Å². The topological polar surface area (TPSA) is 98.8 Å². The predicted molar refractivity (Wildman–Crippen MR) is 133 cm³/mol. The minimum atomic E-state index is -0.153. The molecule has 0 spiro atoms. The van der Waals surface area contributed by atoms with Gasteiger partial charge in [0.05, 0.1) is 32.5 Å². The zero-order valence-corrected chi connectivity index (χ0v) is 20.3. The second-order valence-electron chi connectivity index (χ2n) is 9.16. The van der Waals surface area contributed by atoms with Crippen molar-refractivity contribution in [2.75, 3.05) is 24.9 Å². The minimum Gasteiger partial charge on any atom is -0.493 e. The monoisotopic (exact) mass is 475 g/mol. The molecule has 0 aliphatic heterocycles. The van der Waals surface area contributed by atoms with E-state index >= 15 is 0 Å². The Morgan fingerprint density at radius 1 is 0.943 bits per heavy atom. The van der Waals surface area contributed by atoms with Crippen LogP contribution in [-0.2, 0) is 16.0 Å². The second kappa shape index (κ2) is 10.0. The number of hydrogen-bond donors (Lipinski definition) is 2. The van der Waals surface area contributed by atoms with E-state index in [1.54, 1.807) is 68.9 Å². The van der Waals surface area contributed by atoms with Crippen molar-refractivity contribution in [2.45, 2.75) is 26.7 Å². The zero-order chi connectivity index (χ0) is 25.0. The third kappa shape index (κ3) is 6.09. The highest BCUT2D eigenvalue weighted by molar-refractivity contribution is 5.95. The van der Waals surface area contributed by atoms with E-state index in [-0.39, 0.29) is 29.6 Å². The number of rotatable bonds is 9. The van der Waals surface area contributed by atoms with Gasteiger partial charge in [0.15, 0.2) is 11.5 Å². The average molecular weight is 476 g/mol. The van der Waals surface area contributed by atoms with E-state index in [1.165, 1.54) is 0 Å². The third-order valence-corrected chi connectivity index (χ3v) is 6.01. The van der Waals surface area contributed by atoms with Crippen molar-refractivity contribution >= 4 is 23.2 Å². The highest BCUT2D eigenvalue weighted by Gasteiger charge is 2.50. The van der Waals surface area contributed by atoms with E-state index in [9.17, 15) is 9.59 Å². The maximum absolute atomic E-state index is 12.4. The van der Waals surface area contributed by atoms with Gasteiger partial charge in [-0.05, 0) is 59.9 Å². The Morgan fingerprint density at radius 3 is 2.23 bits per heavy atom. The Kier molecular flexibility index (Phi) is 6.91. The molecule has 0 bridgehead atoms. The number of nitrogens with zero attached hydrogens (tertiary/aromatic N) is 1. The molecule has 1 aromatic heterocycles. The molecule has 1 saturated carbocycles. The largest absolute Gasteiger partial charge is 0.493 e. The predicted octanol–water partition coefficient (Wildman–Crippen LogP) is 5.06. The number of pyridine rings is 1. The highest BCUT2D eigenvalue weighted by Crippen LogP contribution is 2.52. The van der Waals surface area contributed by atoms with E-state index in [2.05, 4.69) is 29.5 Å². The third-order valence-electron chi connectivity index (χ3n) is 6.01. The number of methoxy groups -OCH3 is 2. The van der Waals surface area contributed by atoms with Crippen molar-refractivity contribution in [3.8, 4) is 23.1 Å². The summed E-state index contributed by atoms with van der Waals surface area (Å²) in [5.74, 6) is 2.09. The molecule has 35 heavy (non-hydrogen) atoms. The maximum atomic E-state index is 12.4. The molecular formula is C27H29N3O5. The van der Waals surface area contributed by atoms with Crippen LogP contribution in [0.5, 0.6) is 23.1 Å². The lowest BCUT2D eigenvalue weighted by molar-refractivity contribution is -0.118. The Labute approximate surface area is 204 Å². The van der Waals surface area contributed by atoms with Crippen LogP contribution in [-0.4, -0.2) is 31.0 Å². The fourth-order valence-electron chi connectivity index (χ4n) is 3.77. The summed E-state index contributed by atoms with van der Waals surface area (Å²) in [4.78, 5) is 28.9. The van der Waals surface area contributed by atoms with Crippen molar-refractivity contribution in [1.29, 1.82) is 0 Å². The molecule has 1 aliphatic carbocycles. The number of anilines is 2. The van der Waals surface area contributed by atoms with Crippen LogP contribution in [0.25, 0.3) is 0 Å². The molecule has 2 amide bonds. The summed E-state index contributed by atoms with van der Waals surface area (Å²) >= 11 is 0. The van der Waals surface area contributed by atoms with Gasteiger partial charge in [0.1, 0.15) is 5.75 Å². The maximum Gasteiger partial charge on any atom is 0.228 e. The van der Waals surface area contributed by atoms with E-state index in [1.807, 2.05) is 6.07 Å². The molecule has 182 valence electrons. The molecule has 1 atom stereocenters. The summed E-state index contributed by atoms with van der Waals surface area (Å²) in [5, 5.41) is 5.77. The number of hydrogen-bond acceptors (Lipinski definition) is 6. The van der Waals surface area contributed by atoms with Gasteiger partial charge in [-0.15, -0.1) is 0 Å². The van der Waals surface area contributed by atoms with Gasteiger partial charge < -0.3 is 24.8 Å². The number of carbonyl (C=O) groups excluding carboxylic acids is 2. The standard InChI is InChI=1S/C27H29N3O5/c1-27(2)15-21(27)26(32)30-19-8-12-25(28-16-19)35-20-9-6-18(7-10-20)29-24(31)14-17-5-11-22(33-3)23(13-17)34-4/h5-13,16,21H,14-15H2,1-4H3,(H,29,31)(H,30,32). The van der Waals surface area contributed by atoms with Crippen LogP contribution >= 0.6 is 0 Å². The van der Waals surface area contributed by atoms with Gasteiger partial charge in [-0.25, -0.2) is 4.98 Å². The van der Waals surface area contributed by atoms with Gasteiger partial charge in [0.2, 0.25) is 17.7 Å². The number of ether oxygens (including phenoxy) is 3. The SMILES string of the molecule is COc1ccc(CC(=O)Nc2ccc(Oc3ccc(NC(=O)C4CC4(C)C)cn3)cc2)cc1OC. The first kappa shape index (κ1) is 24.1. The van der Waals surface area contributed by atoms with Gasteiger partial charge in [0.25, 0.3) is 0 Å². The summed E-state index contributed by atoms with van der Waals surface area (Å²) < 4.78 is 16.3. The molecule has 4 rings (SSSR count). The molecule has 2 aromatic carbocycles.